The summed E-state index contributed by atoms with van der Waals surface area (Å²) < 4.78 is 7.00. The normalized spacial score (nSPS) is 59.8. The van der Waals surface area contributed by atoms with Crippen molar-refractivity contribution in [3.63, 3.8) is 0 Å². The molecule has 6 rings (SSSR count). The second-order valence-corrected chi connectivity index (χ2v) is 12.8. The van der Waals surface area contributed by atoms with Gasteiger partial charge in [-0.05, 0) is 98.2 Å². The van der Waals surface area contributed by atoms with Crippen LogP contribution in [0.2, 0.25) is 0 Å². The molecule has 0 aromatic rings. The predicted octanol–water partition coefficient (Wildman–Crippen LogP) is 5.29. The van der Waals surface area contributed by atoms with Gasteiger partial charge in [-0.3, -0.25) is 5.32 Å². The quantitative estimate of drug-likeness (QED) is 0.530. The van der Waals surface area contributed by atoms with E-state index in [9.17, 15) is 5.11 Å². The fourth-order valence-electron chi connectivity index (χ4n) is 9.84. The molecule has 5 fully saturated rings. The molecule has 2 aliphatic heterocycles. The van der Waals surface area contributed by atoms with Crippen LogP contribution < -0.4 is 5.32 Å². The van der Waals surface area contributed by atoms with Crippen LogP contribution >= 0.6 is 0 Å². The standard InChI is InChI=1S/C27H43NO2/c1-16-7-12-27(28-15-16)17(2)24-23(30-27)14-22-20-6-5-18-13-19(29)8-10-25(18,3)21(20)9-11-26(22,24)4/h5,16-17,19-24,28-29H,6-15H2,1-4H3/t16?,17-,19-,20+,21-,22-,23-,24-,25-,26-,27+/m1/s1. The summed E-state index contributed by atoms with van der Waals surface area (Å²) in [5, 5.41) is 14.1. The highest BCUT2D eigenvalue weighted by Crippen LogP contribution is 2.70. The van der Waals surface area contributed by atoms with Crippen molar-refractivity contribution in [1.82, 2.24) is 5.32 Å². The number of allylic oxidation sites excluding steroid dienone is 1. The van der Waals surface area contributed by atoms with Gasteiger partial charge in [-0.2, -0.15) is 0 Å². The Hall–Kier alpha value is -0.380. The third-order valence-corrected chi connectivity index (χ3v) is 11.6. The van der Waals surface area contributed by atoms with Crippen molar-refractivity contribution in [2.75, 3.05) is 6.54 Å². The maximum atomic E-state index is 10.3. The number of piperidine rings is 1. The Morgan fingerprint density at radius 3 is 2.67 bits per heavy atom. The minimum Gasteiger partial charge on any atom is -0.393 e. The highest BCUT2D eigenvalue weighted by atomic mass is 16.5. The van der Waals surface area contributed by atoms with Gasteiger partial charge in [0.1, 0.15) is 5.72 Å². The first-order valence-corrected chi connectivity index (χ1v) is 13.1. The molecule has 3 heteroatoms. The Morgan fingerprint density at radius 1 is 1.07 bits per heavy atom. The first-order chi connectivity index (χ1) is 14.3. The molecule has 3 saturated carbocycles. The van der Waals surface area contributed by atoms with Gasteiger partial charge in [0.25, 0.3) is 0 Å². The molecule has 2 N–H and O–H groups in total. The van der Waals surface area contributed by atoms with Crippen LogP contribution in [0.25, 0.3) is 0 Å². The lowest BCUT2D eigenvalue weighted by Gasteiger charge is -2.58. The second-order valence-electron chi connectivity index (χ2n) is 12.8. The van der Waals surface area contributed by atoms with Crippen LogP contribution in [0.3, 0.4) is 0 Å². The largest absolute Gasteiger partial charge is 0.393 e. The van der Waals surface area contributed by atoms with Crippen molar-refractivity contribution < 1.29 is 9.84 Å². The molecular formula is C27H43NO2. The summed E-state index contributed by atoms with van der Waals surface area (Å²) in [6.07, 6.45) is 13.8. The van der Waals surface area contributed by atoms with Crippen LogP contribution in [0, 0.1) is 46.3 Å². The molecule has 0 aromatic heterocycles. The summed E-state index contributed by atoms with van der Waals surface area (Å²) in [5.74, 6) is 4.58. The maximum absolute atomic E-state index is 10.3. The molecule has 1 unspecified atom stereocenters. The molecule has 2 heterocycles. The molecule has 4 aliphatic carbocycles. The van der Waals surface area contributed by atoms with Gasteiger partial charge in [-0.15, -0.1) is 0 Å². The molecule has 2 saturated heterocycles. The Labute approximate surface area is 183 Å². The molecule has 11 atom stereocenters. The minimum atomic E-state index is -0.100. The van der Waals surface area contributed by atoms with E-state index < -0.39 is 0 Å². The molecule has 168 valence electrons. The Balaban J connectivity index is 1.28. The van der Waals surface area contributed by atoms with E-state index in [0.29, 0.717) is 22.9 Å². The molecule has 6 aliphatic rings. The minimum absolute atomic E-state index is 0.0439. The number of ether oxygens (including phenoxy) is 1. The van der Waals surface area contributed by atoms with E-state index in [1.54, 1.807) is 5.57 Å². The molecule has 3 nitrogen and oxygen atoms in total. The van der Waals surface area contributed by atoms with E-state index in [0.717, 1.165) is 49.0 Å². The highest BCUT2D eigenvalue weighted by molar-refractivity contribution is 5.26. The molecule has 0 radical (unpaired) electrons. The van der Waals surface area contributed by atoms with Crippen LogP contribution in [0.4, 0.5) is 0 Å². The van der Waals surface area contributed by atoms with Crippen LogP contribution in [0.15, 0.2) is 11.6 Å². The number of nitrogens with one attached hydrogen (secondary N) is 1. The van der Waals surface area contributed by atoms with Crippen molar-refractivity contribution in [2.45, 2.75) is 103 Å². The Morgan fingerprint density at radius 2 is 1.90 bits per heavy atom. The number of rotatable bonds is 0. The molecular weight excluding hydrogens is 370 g/mol. The van der Waals surface area contributed by atoms with Gasteiger partial charge >= 0.3 is 0 Å². The van der Waals surface area contributed by atoms with E-state index in [2.05, 4.69) is 39.1 Å². The van der Waals surface area contributed by atoms with Crippen molar-refractivity contribution in [3.8, 4) is 0 Å². The summed E-state index contributed by atoms with van der Waals surface area (Å²) in [6, 6.07) is 0. The van der Waals surface area contributed by atoms with Gasteiger partial charge in [-0.1, -0.05) is 39.3 Å². The van der Waals surface area contributed by atoms with Crippen LogP contribution in [0.1, 0.15) is 85.5 Å². The lowest BCUT2D eigenvalue weighted by Crippen LogP contribution is -2.57. The van der Waals surface area contributed by atoms with Gasteiger partial charge < -0.3 is 9.84 Å². The summed E-state index contributed by atoms with van der Waals surface area (Å²) in [7, 11) is 0. The van der Waals surface area contributed by atoms with Crippen LogP contribution in [0.5, 0.6) is 0 Å². The van der Waals surface area contributed by atoms with Gasteiger partial charge in [0.05, 0.1) is 12.2 Å². The molecule has 0 aromatic carbocycles. The third-order valence-electron chi connectivity index (χ3n) is 11.6. The Kier molecular flexibility index (Phi) is 4.44. The maximum Gasteiger partial charge on any atom is 0.122 e. The monoisotopic (exact) mass is 413 g/mol. The summed E-state index contributed by atoms with van der Waals surface area (Å²) in [5.41, 5.74) is 2.33. The van der Waals surface area contributed by atoms with Gasteiger partial charge in [0.15, 0.2) is 0 Å². The van der Waals surface area contributed by atoms with Gasteiger partial charge in [-0.25, -0.2) is 0 Å². The van der Waals surface area contributed by atoms with Crippen LogP contribution in [-0.2, 0) is 4.74 Å². The summed E-state index contributed by atoms with van der Waals surface area (Å²) in [4.78, 5) is 0. The van der Waals surface area contributed by atoms with Gasteiger partial charge in [0.2, 0.25) is 0 Å². The summed E-state index contributed by atoms with van der Waals surface area (Å²) in [6.45, 7) is 11.2. The number of fused-ring (bicyclic) bond motifs is 7. The smallest absolute Gasteiger partial charge is 0.122 e. The molecule has 0 bridgehead atoms. The number of hydrogen-bond donors (Lipinski definition) is 2. The first kappa shape index (κ1) is 20.2. The zero-order chi connectivity index (χ0) is 20.9. The topological polar surface area (TPSA) is 41.5 Å². The second kappa shape index (κ2) is 6.58. The van der Waals surface area contributed by atoms with Crippen molar-refractivity contribution in [3.05, 3.63) is 11.6 Å². The average Bonchev–Trinajstić information content (AvgIpc) is 3.16. The SMILES string of the molecule is CC1CC[C@]2(NC1)O[C@@H]1C[C@@H]3[C@H]4CC=C5C[C@H](O)CC[C@@]5(C)[C@@H]4CC[C@@]3(C)[C@@H]1[C@H]2C. The zero-order valence-electron chi connectivity index (χ0n) is 19.6. The molecule has 0 amide bonds. The van der Waals surface area contributed by atoms with Crippen molar-refractivity contribution in [1.29, 1.82) is 0 Å². The lowest BCUT2D eigenvalue weighted by molar-refractivity contribution is -0.115. The highest BCUT2D eigenvalue weighted by Gasteiger charge is 2.68. The number of aliphatic hydroxyl groups excluding tert-OH is 1. The fraction of sp³-hybridized carbons (Fsp3) is 0.926. The number of hydrogen-bond acceptors (Lipinski definition) is 3. The number of aliphatic hydroxyl groups is 1. The van der Waals surface area contributed by atoms with Crippen LogP contribution in [-0.4, -0.2) is 29.6 Å². The average molecular weight is 414 g/mol. The predicted molar refractivity (Wildman–Crippen MR) is 120 cm³/mol. The third kappa shape index (κ3) is 2.55. The summed E-state index contributed by atoms with van der Waals surface area (Å²) >= 11 is 0. The van der Waals surface area contributed by atoms with E-state index in [1.165, 1.54) is 44.9 Å². The van der Waals surface area contributed by atoms with Gasteiger partial charge in [0, 0.05) is 12.5 Å². The van der Waals surface area contributed by atoms with Crippen molar-refractivity contribution >= 4 is 0 Å². The van der Waals surface area contributed by atoms with Crippen molar-refractivity contribution in [2.24, 2.45) is 46.3 Å². The fourth-order valence-corrected chi connectivity index (χ4v) is 9.84. The zero-order valence-corrected chi connectivity index (χ0v) is 19.6. The Bertz CT molecular complexity index is 739. The molecule has 1 spiro atoms. The lowest BCUT2D eigenvalue weighted by atomic mass is 9.47. The first-order valence-electron chi connectivity index (χ1n) is 13.1. The van der Waals surface area contributed by atoms with E-state index in [-0.39, 0.29) is 11.8 Å². The molecule has 30 heavy (non-hydrogen) atoms. The van der Waals surface area contributed by atoms with E-state index in [4.69, 9.17) is 4.74 Å². The van der Waals surface area contributed by atoms with E-state index in [1.807, 2.05) is 0 Å². The van der Waals surface area contributed by atoms with E-state index >= 15 is 0 Å².